The van der Waals surface area contributed by atoms with Crippen molar-refractivity contribution in [3.63, 3.8) is 0 Å². The van der Waals surface area contributed by atoms with Gasteiger partial charge in [-0.3, -0.25) is 0 Å². The average Bonchev–Trinajstić information content (AvgIpc) is 2.36. The number of aliphatic hydroxyl groups is 1. The molecule has 0 amide bonds. The number of sulfonamides is 1. The summed E-state index contributed by atoms with van der Waals surface area (Å²) in [7, 11) is -3.57. The zero-order chi connectivity index (χ0) is 13.6. The highest BCUT2D eigenvalue weighted by molar-refractivity contribution is 7.89. The molecule has 6 heteroatoms. The molecule has 0 saturated heterocycles. The summed E-state index contributed by atoms with van der Waals surface area (Å²) in [5, 5.41) is 8.84. The predicted molar refractivity (Wildman–Crippen MR) is 69.1 cm³/mol. The number of hydrogen-bond donors (Lipinski definition) is 2. The van der Waals surface area contributed by atoms with Crippen LogP contribution < -0.4 is 9.46 Å². The van der Waals surface area contributed by atoms with Gasteiger partial charge in [0.2, 0.25) is 10.0 Å². The SMILES string of the molecule is CCCOc1ccc(S(=O)(=O)N[C@H](C)CO)cc1. The van der Waals surface area contributed by atoms with Crippen LogP contribution in [0.25, 0.3) is 0 Å². The van der Waals surface area contributed by atoms with E-state index in [4.69, 9.17) is 9.84 Å². The fraction of sp³-hybridized carbons (Fsp3) is 0.500. The van der Waals surface area contributed by atoms with Crippen LogP contribution in [0.15, 0.2) is 29.2 Å². The molecule has 0 fully saturated rings. The number of benzene rings is 1. The number of hydrogen-bond acceptors (Lipinski definition) is 4. The first kappa shape index (κ1) is 14.9. The minimum absolute atomic E-state index is 0.159. The molecule has 1 aromatic rings. The van der Waals surface area contributed by atoms with Crippen molar-refractivity contribution in [3.05, 3.63) is 24.3 Å². The van der Waals surface area contributed by atoms with E-state index in [0.29, 0.717) is 12.4 Å². The second-order valence-corrected chi connectivity index (χ2v) is 5.74. The molecule has 5 nitrogen and oxygen atoms in total. The van der Waals surface area contributed by atoms with Gasteiger partial charge in [-0.2, -0.15) is 0 Å². The Morgan fingerprint density at radius 2 is 1.94 bits per heavy atom. The monoisotopic (exact) mass is 273 g/mol. The van der Waals surface area contributed by atoms with Gasteiger partial charge in [-0.1, -0.05) is 6.92 Å². The Kier molecular flexibility index (Phi) is 5.58. The van der Waals surface area contributed by atoms with Crippen LogP contribution in [0.3, 0.4) is 0 Å². The molecule has 102 valence electrons. The maximum Gasteiger partial charge on any atom is 0.240 e. The highest BCUT2D eigenvalue weighted by Crippen LogP contribution is 2.16. The van der Waals surface area contributed by atoms with Gasteiger partial charge in [-0.25, -0.2) is 13.1 Å². The topological polar surface area (TPSA) is 75.6 Å². The maximum atomic E-state index is 11.9. The Bertz CT molecular complexity index is 455. The van der Waals surface area contributed by atoms with Crippen molar-refractivity contribution in [2.24, 2.45) is 0 Å². The van der Waals surface area contributed by atoms with E-state index in [1.807, 2.05) is 6.92 Å². The van der Waals surface area contributed by atoms with E-state index in [-0.39, 0.29) is 11.5 Å². The van der Waals surface area contributed by atoms with Gasteiger partial charge in [0.05, 0.1) is 18.1 Å². The van der Waals surface area contributed by atoms with Gasteiger partial charge in [-0.05, 0) is 37.6 Å². The lowest BCUT2D eigenvalue weighted by Crippen LogP contribution is -2.34. The molecular weight excluding hydrogens is 254 g/mol. The van der Waals surface area contributed by atoms with Crippen LogP contribution in [-0.2, 0) is 10.0 Å². The van der Waals surface area contributed by atoms with Crippen molar-refractivity contribution >= 4 is 10.0 Å². The lowest BCUT2D eigenvalue weighted by molar-refractivity contribution is 0.265. The Hall–Kier alpha value is -1.11. The van der Waals surface area contributed by atoms with E-state index in [1.165, 1.54) is 12.1 Å². The molecule has 0 saturated carbocycles. The van der Waals surface area contributed by atoms with E-state index < -0.39 is 16.1 Å². The second-order valence-electron chi connectivity index (χ2n) is 4.02. The average molecular weight is 273 g/mol. The Balaban J connectivity index is 2.77. The first-order valence-electron chi connectivity index (χ1n) is 5.85. The van der Waals surface area contributed by atoms with Crippen molar-refractivity contribution in [1.29, 1.82) is 0 Å². The van der Waals surface area contributed by atoms with Crippen LogP contribution in [0.4, 0.5) is 0 Å². The summed E-state index contributed by atoms with van der Waals surface area (Å²) in [5.74, 6) is 0.644. The zero-order valence-corrected chi connectivity index (χ0v) is 11.4. The van der Waals surface area contributed by atoms with E-state index in [2.05, 4.69) is 4.72 Å². The normalized spacial score (nSPS) is 13.3. The molecule has 0 aliphatic heterocycles. The third-order valence-electron chi connectivity index (χ3n) is 2.24. The third-order valence-corrected chi connectivity index (χ3v) is 3.84. The molecule has 0 unspecified atom stereocenters. The van der Waals surface area contributed by atoms with Crippen molar-refractivity contribution in [2.45, 2.75) is 31.2 Å². The summed E-state index contributed by atoms with van der Waals surface area (Å²) in [6.07, 6.45) is 0.898. The maximum absolute atomic E-state index is 11.9. The molecule has 0 bridgehead atoms. The van der Waals surface area contributed by atoms with Crippen molar-refractivity contribution < 1.29 is 18.3 Å². The smallest absolute Gasteiger partial charge is 0.240 e. The lowest BCUT2D eigenvalue weighted by Gasteiger charge is -2.12. The van der Waals surface area contributed by atoms with Gasteiger partial charge in [0.1, 0.15) is 5.75 Å². The molecule has 0 aromatic heterocycles. The zero-order valence-electron chi connectivity index (χ0n) is 10.6. The van der Waals surface area contributed by atoms with E-state index >= 15 is 0 Å². The number of ether oxygens (including phenoxy) is 1. The van der Waals surface area contributed by atoms with Crippen molar-refractivity contribution in [3.8, 4) is 5.75 Å². The van der Waals surface area contributed by atoms with Crippen molar-refractivity contribution in [1.82, 2.24) is 4.72 Å². The Labute approximate surface area is 108 Å². The molecule has 0 spiro atoms. The molecule has 1 atom stereocenters. The molecule has 1 aromatic carbocycles. The van der Waals surface area contributed by atoms with Crippen LogP contribution in [0, 0.1) is 0 Å². The van der Waals surface area contributed by atoms with Crippen LogP contribution in [0.5, 0.6) is 5.75 Å². The molecule has 0 heterocycles. The minimum Gasteiger partial charge on any atom is -0.494 e. The summed E-state index contributed by atoms with van der Waals surface area (Å²) in [6.45, 7) is 3.96. The molecule has 1 rings (SSSR count). The Morgan fingerprint density at radius 1 is 1.33 bits per heavy atom. The van der Waals surface area contributed by atoms with Gasteiger partial charge in [0.25, 0.3) is 0 Å². The first-order valence-corrected chi connectivity index (χ1v) is 7.34. The number of aliphatic hydroxyl groups excluding tert-OH is 1. The van der Waals surface area contributed by atoms with Crippen molar-refractivity contribution in [2.75, 3.05) is 13.2 Å². The standard InChI is InChI=1S/C12H19NO4S/c1-3-8-17-11-4-6-12(7-5-11)18(15,16)13-10(2)9-14/h4-7,10,13-14H,3,8-9H2,1-2H3/t10-/m1/s1. The second kappa shape index (κ2) is 6.72. The molecule has 18 heavy (non-hydrogen) atoms. The lowest BCUT2D eigenvalue weighted by atomic mass is 10.3. The summed E-state index contributed by atoms with van der Waals surface area (Å²) >= 11 is 0. The van der Waals surface area contributed by atoms with Crippen LogP contribution in [0.1, 0.15) is 20.3 Å². The molecule has 0 aliphatic carbocycles. The van der Waals surface area contributed by atoms with Crippen LogP contribution >= 0.6 is 0 Å². The summed E-state index contributed by atoms with van der Waals surface area (Å²) in [4.78, 5) is 0.159. The fourth-order valence-electron chi connectivity index (χ4n) is 1.31. The molecule has 2 N–H and O–H groups in total. The Morgan fingerprint density at radius 3 is 2.44 bits per heavy atom. The predicted octanol–water partition coefficient (Wildman–Crippen LogP) is 1.13. The summed E-state index contributed by atoms with van der Waals surface area (Å²) in [6, 6.07) is 5.70. The van der Waals surface area contributed by atoms with Gasteiger partial charge >= 0.3 is 0 Å². The number of nitrogens with one attached hydrogen (secondary N) is 1. The highest BCUT2D eigenvalue weighted by atomic mass is 32.2. The third kappa shape index (κ3) is 4.29. The van der Waals surface area contributed by atoms with Gasteiger partial charge in [0, 0.05) is 6.04 Å². The van der Waals surface area contributed by atoms with Crippen LogP contribution in [-0.4, -0.2) is 32.8 Å². The quantitative estimate of drug-likeness (QED) is 0.781. The largest absolute Gasteiger partial charge is 0.494 e. The number of rotatable bonds is 7. The summed E-state index contributed by atoms with van der Waals surface area (Å²) in [5.41, 5.74) is 0. The molecular formula is C12H19NO4S. The highest BCUT2D eigenvalue weighted by Gasteiger charge is 2.16. The molecule has 0 aliphatic rings. The van der Waals surface area contributed by atoms with Gasteiger partial charge < -0.3 is 9.84 Å². The van der Waals surface area contributed by atoms with Gasteiger partial charge in [0.15, 0.2) is 0 Å². The van der Waals surface area contributed by atoms with Crippen LogP contribution in [0.2, 0.25) is 0 Å². The first-order chi connectivity index (χ1) is 8.49. The van der Waals surface area contributed by atoms with E-state index in [1.54, 1.807) is 19.1 Å². The fourth-order valence-corrected chi connectivity index (χ4v) is 2.54. The minimum atomic E-state index is -3.57. The van der Waals surface area contributed by atoms with Gasteiger partial charge in [-0.15, -0.1) is 0 Å². The van der Waals surface area contributed by atoms with E-state index in [0.717, 1.165) is 6.42 Å². The molecule has 0 radical (unpaired) electrons. The van der Waals surface area contributed by atoms with E-state index in [9.17, 15) is 8.42 Å². The summed E-state index contributed by atoms with van der Waals surface area (Å²) < 4.78 is 31.5.